The van der Waals surface area contributed by atoms with Gasteiger partial charge in [0.1, 0.15) is 0 Å². The van der Waals surface area contributed by atoms with Crippen LogP contribution < -0.4 is 10.6 Å². The number of nitrogens with zero attached hydrogens (tertiary/aromatic N) is 1. The van der Waals surface area contributed by atoms with Gasteiger partial charge >= 0.3 is 6.03 Å². The molecule has 9 heteroatoms. The maximum atomic E-state index is 13.5. The van der Waals surface area contributed by atoms with Crippen LogP contribution in [0.2, 0.25) is 0 Å². The summed E-state index contributed by atoms with van der Waals surface area (Å²) in [6.45, 7) is 2.48. The van der Waals surface area contributed by atoms with Gasteiger partial charge in [-0.1, -0.05) is 13.0 Å². The monoisotopic (exact) mass is 361 g/mol. The molecule has 1 aliphatic heterocycles. The van der Waals surface area contributed by atoms with E-state index in [9.17, 15) is 22.0 Å². The molecule has 0 unspecified atom stereocenters. The molecule has 1 aromatic rings. The van der Waals surface area contributed by atoms with Crippen molar-refractivity contribution in [2.75, 3.05) is 24.2 Å². The molecule has 1 aliphatic rings. The van der Waals surface area contributed by atoms with Crippen molar-refractivity contribution in [1.29, 1.82) is 0 Å². The van der Waals surface area contributed by atoms with Gasteiger partial charge in [-0.25, -0.2) is 26.3 Å². The van der Waals surface area contributed by atoms with Gasteiger partial charge in [-0.3, -0.25) is 0 Å². The fourth-order valence-corrected chi connectivity index (χ4v) is 4.15. The second-order valence-corrected chi connectivity index (χ2v) is 7.78. The molecule has 2 rings (SSSR count). The Morgan fingerprint density at radius 3 is 2.58 bits per heavy atom. The maximum Gasteiger partial charge on any atom is 0.319 e. The fourth-order valence-electron chi connectivity index (χ4n) is 2.61. The van der Waals surface area contributed by atoms with Crippen molar-refractivity contribution >= 4 is 21.7 Å². The van der Waals surface area contributed by atoms with Gasteiger partial charge in [0.15, 0.2) is 11.6 Å². The van der Waals surface area contributed by atoms with Crippen LogP contribution in [0.4, 0.5) is 19.3 Å². The Balaban J connectivity index is 1.85. The second kappa shape index (κ2) is 7.89. The normalized spacial score (nSPS) is 16.8. The molecule has 0 atom stereocenters. The van der Waals surface area contributed by atoms with Crippen LogP contribution in [0.1, 0.15) is 26.2 Å². The standard InChI is InChI=1S/C15H21F2N3O3S/c1-2-10-24(22,23)20-8-6-11(7-9-20)18-15(21)19-13-5-3-4-12(16)14(13)17/h3-5,11H,2,6-10H2,1H3,(H2,18,19,21). The van der Waals surface area contributed by atoms with E-state index in [-0.39, 0.29) is 17.5 Å². The highest BCUT2D eigenvalue weighted by molar-refractivity contribution is 7.89. The van der Waals surface area contributed by atoms with Crippen LogP contribution in [0.25, 0.3) is 0 Å². The number of amides is 2. The van der Waals surface area contributed by atoms with E-state index in [0.29, 0.717) is 32.4 Å². The molecule has 0 radical (unpaired) electrons. The smallest absolute Gasteiger partial charge is 0.319 e. The van der Waals surface area contributed by atoms with E-state index in [0.717, 1.165) is 6.07 Å². The molecular weight excluding hydrogens is 340 g/mol. The molecule has 0 aromatic heterocycles. The Morgan fingerprint density at radius 1 is 1.29 bits per heavy atom. The number of piperidine rings is 1. The van der Waals surface area contributed by atoms with Crippen molar-refractivity contribution in [2.24, 2.45) is 0 Å². The van der Waals surface area contributed by atoms with Gasteiger partial charge in [0.2, 0.25) is 10.0 Å². The zero-order valence-electron chi connectivity index (χ0n) is 13.4. The third-order valence-electron chi connectivity index (χ3n) is 3.84. The van der Waals surface area contributed by atoms with Crippen molar-refractivity contribution < 1.29 is 22.0 Å². The van der Waals surface area contributed by atoms with Crippen LogP contribution in [0.3, 0.4) is 0 Å². The summed E-state index contributed by atoms with van der Waals surface area (Å²) in [5.74, 6) is -2.04. The van der Waals surface area contributed by atoms with Crippen molar-refractivity contribution in [3.63, 3.8) is 0 Å². The fraction of sp³-hybridized carbons (Fsp3) is 0.533. The molecule has 2 amide bonds. The average molecular weight is 361 g/mol. The average Bonchev–Trinajstić information content (AvgIpc) is 2.52. The lowest BCUT2D eigenvalue weighted by Gasteiger charge is -2.31. The number of hydrogen-bond donors (Lipinski definition) is 2. The van der Waals surface area contributed by atoms with Crippen molar-refractivity contribution in [3.05, 3.63) is 29.8 Å². The van der Waals surface area contributed by atoms with Gasteiger partial charge in [-0.05, 0) is 31.4 Å². The molecule has 6 nitrogen and oxygen atoms in total. The quantitative estimate of drug-likeness (QED) is 0.845. The Bertz CT molecular complexity index is 689. The van der Waals surface area contributed by atoms with E-state index >= 15 is 0 Å². The predicted octanol–water partition coefficient (Wildman–Crippen LogP) is 2.29. The first-order valence-corrected chi connectivity index (χ1v) is 9.43. The van der Waals surface area contributed by atoms with Crippen LogP contribution in [0.5, 0.6) is 0 Å². The number of carbonyl (C=O) groups excluding carboxylic acids is 1. The second-order valence-electron chi connectivity index (χ2n) is 5.69. The zero-order chi connectivity index (χ0) is 17.7. The minimum absolute atomic E-state index is 0.116. The minimum atomic E-state index is -3.23. The first-order chi connectivity index (χ1) is 11.3. The Hall–Kier alpha value is -1.74. The lowest BCUT2D eigenvalue weighted by molar-refractivity contribution is 0.238. The molecule has 0 aliphatic carbocycles. The summed E-state index contributed by atoms with van der Waals surface area (Å²) in [7, 11) is -3.23. The first kappa shape index (κ1) is 18.6. The Labute approximate surface area is 140 Å². The molecule has 1 fully saturated rings. The molecule has 24 heavy (non-hydrogen) atoms. The number of halogens is 2. The van der Waals surface area contributed by atoms with Gasteiger partial charge in [0, 0.05) is 19.1 Å². The highest BCUT2D eigenvalue weighted by atomic mass is 32.2. The number of sulfonamides is 1. The highest BCUT2D eigenvalue weighted by Crippen LogP contribution is 2.18. The number of benzene rings is 1. The predicted molar refractivity (Wildman–Crippen MR) is 87.2 cm³/mol. The van der Waals surface area contributed by atoms with Gasteiger partial charge in [-0.2, -0.15) is 0 Å². The molecule has 0 spiro atoms. The number of nitrogens with one attached hydrogen (secondary N) is 2. The number of urea groups is 1. The van der Waals surface area contributed by atoms with Crippen LogP contribution in [0.15, 0.2) is 18.2 Å². The van der Waals surface area contributed by atoms with E-state index in [1.807, 2.05) is 6.92 Å². The van der Waals surface area contributed by atoms with E-state index < -0.39 is 27.7 Å². The van der Waals surface area contributed by atoms with Gasteiger partial charge in [-0.15, -0.1) is 0 Å². The molecule has 134 valence electrons. The Kier molecular flexibility index (Phi) is 6.11. The summed E-state index contributed by atoms with van der Waals surface area (Å²) in [5.41, 5.74) is -0.240. The molecule has 1 saturated heterocycles. The highest BCUT2D eigenvalue weighted by Gasteiger charge is 2.28. The molecule has 0 saturated carbocycles. The number of carbonyl (C=O) groups is 1. The van der Waals surface area contributed by atoms with Crippen LogP contribution in [-0.4, -0.2) is 43.6 Å². The summed E-state index contributed by atoms with van der Waals surface area (Å²) in [6, 6.07) is 2.66. The van der Waals surface area contributed by atoms with Gasteiger partial charge in [0.25, 0.3) is 0 Å². The van der Waals surface area contributed by atoms with E-state index in [1.165, 1.54) is 16.4 Å². The largest absolute Gasteiger partial charge is 0.335 e. The van der Waals surface area contributed by atoms with Crippen LogP contribution in [-0.2, 0) is 10.0 Å². The molecule has 1 heterocycles. The molecule has 1 aromatic carbocycles. The Morgan fingerprint density at radius 2 is 1.96 bits per heavy atom. The summed E-state index contributed by atoms with van der Waals surface area (Å²) < 4.78 is 52.0. The molecular formula is C15H21F2N3O3S. The SMILES string of the molecule is CCCS(=O)(=O)N1CCC(NC(=O)Nc2cccc(F)c2F)CC1. The van der Waals surface area contributed by atoms with Gasteiger partial charge < -0.3 is 10.6 Å². The third-order valence-corrected chi connectivity index (χ3v) is 5.92. The topological polar surface area (TPSA) is 78.5 Å². The van der Waals surface area contributed by atoms with Gasteiger partial charge in [0.05, 0.1) is 11.4 Å². The summed E-state index contributed by atoms with van der Waals surface area (Å²) in [4.78, 5) is 11.9. The van der Waals surface area contributed by atoms with E-state index in [4.69, 9.17) is 0 Å². The van der Waals surface area contributed by atoms with E-state index in [2.05, 4.69) is 10.6 Å². The van der Waals surface area contributed by atoms with Crippen molar-refractivity contribution in [3.8, 4) is 0 Å². The van der Waals surface area contributed by atoms with Crippen molar-refractivity contribution in [2.45, 2.75) is 32.2 Å². The third kappa shape index (κ3) is 4.64. The minimum Gasteiger partial charge on any atom is -0.335 e. The van der Waals surface area contributed by atoms with Crippen LogP contribution >= 0.6 is 0 Å². The van der Waals surface area contributed by atoms with Crippen LogP contribution in [0, 0.1) is 11.6 Å². The number of anilines is 1. The summed E-state index contributed by atoms with van der Waals surface area (Å²) >= 11 is 0. The summed E-state index contributed by atoms with van der Waals surface area (Å²) in [6.07, 6.45) is 1.51. The summed E-state index contributed by atoms with van der Waals surface area (Å²) in [5, 5.41) is 4.92. The van der Waals surface area contributed by atoms with E-state index in [1.54, 1.807) is 0 Å². The zero-order valence-corrected chi connectivity index (χ0v) is 14.2. The molecule has 2 N–H and O–H groups in total. The number of hydrogen-bond acceptors (Lipinski definition) is 3. The van der Waals surface area contributed by atoms with Crippen molar-refractivity contribution in [1.82, 2.24) is 9.62 Å². The maximum absolute atomic E-state index is 13.5. The molecule has 0 bridgehead atoms. The number of rotatable bonds is 5. The lowest BCUT2D eigenvalue weighted by atomic mass is 10.1. The lowest BCUT2D eigenvalue weighted by Crippen LogP contribution is -2.48. The first-order valence-electron chi connectivity index (χ1n) is 7.83.